The number of nitrogens with one attached hydrogen (secondary N) is 1. The van der Waals surface area contributed by atoms with Crippen molar-refractivity contribution >= 4 is 5.91 Å². The van der Waals surface area contributed by atoms with Crippen LogP contribution in [0.1, 0.15) is 55.8 Å². The van der Waals surface area contributed by atoms with Crippen LogP contribution < -0.4 is 29.0 Å². The Balaban J connectivity index is 1.57. The van der Waals surface area contributed by atoms with Crippen molar-refractivity contribution in [1.82, 2.24) is 15.1 Å². The lowest BCUT2D eigenvalue weighted by Gasteiger charge is -2.60. The summed E-state index contributed by atoms with van der Waals surface area (Å²) in [5.41, 5.74) is 4.52. The highest BCUT2D eigenvalue weighted by atomic mass is 16.5. The van der Waals surface area contributed by atoms with E-state index in [-0.39, 0.29) is 35.7 Å². The van der Waals surface area contributed by atoms with Crippen LogP contribution in [0.15, 0.2) is 24.3 Å². The summed E-state index contributed by atoms with van der Waals surface area (Å²) in [5.74, 6) is 1.97. The number of aromatic hydroxyl groups is 2. The van der Waals surface area contributed by atoms with E-state index in [0.29, 0.717) is 63.7 Å². The number of carbonyl (C=O) groups is 1. The van der Waals surface area contributed by atoms with Crippen molar-refractivity contribution in [3.05, 3.63) is 63.2 Å². The molecule has 1 fully saturated rings. The van der Waals surface area contributed by atoms with Crippen molar-refractivity contribution in [3.8, 4) is 46.3 Å². The molecule has 3 N–H and O–H groups in total. The lowest BCUT2D eigenvalue weighted by Crippen LogP contribution is -2.68. The van der Waals surface area contributed by atoms with Gasteiger partial charge in [0.15, 0.2) is 23.0 Å². The summed E-state index contributed by atoms with van der Waals surface area (Å²) in [6.07, 6.45) is 0.794. The Labute approximate surface area is 280 Å². The quantitative estimate of drug-likeness (QED) is 0.323. The summed E-state index contributed by atoms with van der Waals surface area (Å²) in [6, 6.07) is 6.98. The first-order valence-electron chi connectivity index (χ1n) is 15.8. The molecule has 6 rings (SSSR count). The number of nitrogens with zero attached hydrogens (tertiary/aromatic N) is 3. The molecule has 0 radical (unpaired) electrons. The monoisotopic (exact) mass is 658 g/mol. The van der Waals surface area contributed by atoms with Gasteiger partial charge < -0.3 is 39.2 Å². The van der Waals surface area contributed by atoms with E-state index in [1.54, 1.807) is 38.5 Å². The predicted molar refractivity (Wildman–Crippen MR) is 177 cm³/mol. The van der Waals surface area contributed by atoms with Gasteiger partial charge in [-0.1, -0.05) is 6.07 Å². The molecule has 2 bridgehead atoms. The predicted octanol–water partition coefficient (Wildman–Crippen LogP) is 3.96. The molecule has 3 heterocycles. The van der Waals surface area contributed by atoms with Crippen molar-refractivity contribution in [2.24, 2.45) is 0 Å². The van der Waals surface area contributed by atoms with Crippen molar-refractivity contribution < 1.29 is 38.7 Å². The molecule has 1 amide bonds. The number of methoxy groups -OCH3 is 5. The molecule has 0 unspecified atom stereocenters. The zero-order valence-corrected chi connectivity index (χ0v) is 28.5. The van der Waals surface area contributed by atoms with E-state index in [2.05, 4.69) is 21.2 Å². The topological polar surface area (TPSA) is 146 Å². The highest BCUT2D eigenvalue weighted by Gasteiger charge is 2.57. The highest BCUT2D eigenvalue weighted by Crippen LogP contribution is 2.58. The molecular weight excluding hydrogens is 616 g/mol. The Morgan fingerprint density at radius 1 is 0.875 bits per heavy atom. The number of fused-ring (bicyclic) bond motifs is 7. The van der Waals surface area contributed by atoms with Crippen LogP contribution in [0.5, 0.6) is 40.2 Å². The van der Waals surface area contributed by atoms with E-state index in [1.807, 2.05) is 20.9 Å². The van der Waals surface area contributed by atoms with E-state index in [0.717, 1.165) is 11.1 Å². The fraction of sp³-hybridized carbons (Fsp3) is 0.444. The Hall–Kier alpha value is -4.86. The Kier molecular flexibility index (Phi) is 8.70. The van der Waals surface area contributed by atoms with Gasteiger partial charge in [0, 0.05) is 57.6 Å². The molecular formula is C36H42N4O8. The number of benzene rings is 3. The number of phenolic OH excluding ortho intramolecular Hbond substituents is 2. The van der Waals surface area contributed by atoms with Gasteiger partial charge in [-0.2, -0.15) is 5.26 Å². The lowest BCUT2D eigenvalue weighted by molar-refractivity contribution is -0.0724. The van der Waals surface area contributed by atoms with Crippen molar-refractivity contribution in [3.63, 3.8) is 0 Å². The van der Waals surface area contributed by atoms with Gasteiger partial charge in [-0.25, -0.2) is 0 Å². The van der Waals surface area contributed by atoms with Gasteiger partial charge in [0.05, 0.1) is 53.7 Å². The first kappa shape index (κ1) is 33.1. The second kappa shape index (κ2) is 12.6. The molecule has 5 atom stereocenters. The number of phenols is 2. The SMILES string of the molecule is COc1cccc(C(=O)NC[C@H]2c3c(O)c(OC)c(C)c(OC)c3C[C@H]3[C@@H]4c5c(O)c(OC)c(C)c(OC)c5C[C@H]([C@H](C#N)N23)N4C)c1. The van der Waals surface area contributed by atoms with E-state index in [9.17, 15) is 20.3 Å². The number of piperazine rings is 1. The zero-order valence-electron chi connectivity index (χ0n) is 28.5. The van der Waals surface area contributed by atoms with Crippen molar-refractivity contribution in [2.75, 3.05) is 49.1 Å². The van der Waals surface area contributed by atoms with Crippen LogP contribution in [0.25, 0.3) is 0 Å². The van der Waals surface area contributed by atoms with Crippen LogP contribution in [-0.2, 0) is 12.8 Å². The number of hydrogen-bond acceptors (Lipinski definition) is 11. The highest BCUT2D eigenvalue weighted by molar-refractivity contribution is 5.94. The number of hydrogen-bond donors (Lipinski definition) is 3. The molecule has 48 heavy (non-hydrogen) atoms. The number of rotatable bonds is 8. The van der Waals surface area contributed by atoms with E-state index in [1.165, 1.54) is 21.3 Å². The summed E-state index contributed by atoms with van der Waals surface area (Å²) in [4.78, 5) is 17.8. The van der Waals surface area contributed by atoms with Crippen LogP contribution in [0.4, 0.5) is 0 Å². The molecule has 3 aromatic carbocycles. The van der Waals surface area contributed by atoms with Gasteiger partial charge in [0.25, 0.3) is 5.91 Å². The van der Waals surface area contributed by atoms with E-state index >= 15 is 0 Å². The van der Waals surface area contributed by atoms with Gasteiger partial charge in [0.1, 0.15) is 23.3 Å². The third kappa shape index (κ3) is 4.75. The standard InChI is InChI=1S/C36H42N4O8/c1-17-32(45-5)21-14-24-29-28-22(33(46-6)18(2)35(48-8)31(28)42)13-23(39(29)3)25(15-37)40(24)26(27(21)30(41)34(17)47-7)16-38-36(43)19-10-9-11-20(12-19)44-4/h9-12,23-26,29,41-42H,13-14,16H2,1-8H3,(H,38,43)/t23-,24+,25+,26+,29-/m1/s1. The van der Waals surface area contributed by atoms with Crippen molar-refractivity contribution in [2.45, 2.75) is 56.9 Å². The molecule has 0 aromatic heterocycles. The van der Waals surface area contributed by atoms with Gasteiger partial charge in [-0.15, -0.1) is 0 Å². The molecule has 254 valence electrons. The Morgan fingerprint density at radius 3 is 2.00 bits per heavy atom. The molecule has 0 saturated carbocycles. The van der Waals surface area contributed by atoms with Crippen LogP contribution >= 0.6 is 0 Å². The summed E-state index contributed by atoms with van der Waals surface area (Å²) in [7, 11) is 9.69. The average molecular weight is 659 g/mol. The summed E-state index contributed by atoms with van der Waals surface area (Å²) in [6.45, 7) is 3.73. The first-order chi connectivity index (χ1) is 23.1. The molecule has 1 saturated heterocycles. The average Bonchev–Trinajstić information content (AvgIpc) is 3.08. The van der Waals surface area contributed by atoms with Gasteiger partial charge >= 0.3 is 0 Å². The van der Waals surface area contributed by atoms with Crippen LogP contribution in [-0.4, -0.2) is 93.2 Å². The Morgan fingerprint density at radius 2 is 1.44 bits per heavy atom. The second-order valence-electron chi connectivity index (χ2n) is 12.5. The largest absolute Gasteiger partial charge is 0.504 e. The fourth-order valence-electron chi connectivity index (χ4n) is 8.47. The maximum atomic E-state index is 13.6. The van der Waals surface area contributed by atoms with Gasteiger partial charge in [-0.3, -0.25) is 14.6 Å². The summed E-state index contributed by atoms with van der Waals surface area (Å²) >= 11 is 0. The number of likely N-dealkylation sites (N-methyl/N-ethyl adjacent to an activating group) is 1. The maximum absolute atomic E-state index is 13.6. The molecule has 3 aliphatic heterocycles. The van der Waals surface area contributed by atoms with E-state index < -0.39 is 24.2 Å². The van der Waals surface area contributed by atoms with Crippen molar-refractivity contribution in [1.29, 1.82) is 5.26 Å². The number of amides is 1. The number of nitriles is 1. The van der Waals surface area contributed by atoms with Crippen LogP contribution in [0.3, 0.4) is 0 Å². The third-order valence-corrected chi connectivity index (χ3v) is 10.4. The normalized spacial score (nSPS) is 22.8. The molecule has 0 aliphatic carbocycles. The molecule has 3 aliphatic rings. The minimum atomic E-state index is -0.669. The molecule has 0 spiro atoms. The third-order valence-electron chi connectivity index (χ3n) is 10.4. The second-order valence-corrected chi connectivity index (χ2v) is 12.5. The van der Waals surface area contributed by atoms with Crippen LogP contribution in [0, 0.1) is 25.2 Å². The van der Waals surface area contributed by atoms with Gasteiger partial charge in [-0.05, 0) is 51.9 Å². The fourth-order valence-corrected chi connectivity index (χ4v) is 8.47. The minimum Gasteiger partial charge on any atom is -0.504 e. The maximum Gasteiger partial charge on any atom is 0.251 e. The molecule has 3 aromatic rings. The first-order valence-corrected chi connectivity index (χ1v) is 15.8. The minimum absolute atomic E-state index is 0.0332. The summed E-state index contributed by atoms with van der Waals surface area (Å²) in [5, 5.41) is 37.6. The number of carbonyl (C=O) groups excluding carboxylic acids is 1. The molecule has 12 heteroatoms. The Bertz CT molecular complexity index is 1820. The van der Waals surface area contributed by atoms with Crippen LogP contribution in [0.2, 0.25) is 0 Å². The van der Waals surface area contributed by atoms with E-state index in [4.69, 9.17) is 23.7 Å². The summed E-state index contributed by atoms with van der Waals surface area (Å²) < 4.78 is 28.6. The number of ether oxygens (including phenoxy) is 5. The lowest BCUT2D eigenvalue weighted by atomic mass is 9.71. The van der Waals surface area contributed by atoms with Gasteiger partial charge in [0.2, 0.25) is 0 Å². The zero-order chi connectivity index (χ0) is 34.6. The smallest absolute Gasteiger partial charge is 0.251 e. The molecule has 12 nitrogen and oxygen atoms in total.